The molecule has 1 saturated heterocycles. The lowest BCUT2D eigenvalue weighted by molar-refractivity contribution is -0.145. The van der Waals surface area contributed by atoms with Gasteiger partial charge < -0.3 is 54.9 Å². The van der Waals surface area contributed by atoms with Crippen LogP contribution in [0, 0.1) is 29.6 Å². The second kappa shape index (κ2) is 38.8. The molecule has 2 aromatic carbocycles. The van der Waals surface area contributed by atoms with Crippen molar-refractivity contribution in [3.05, 3.63) is 76.2 Å². The van der Waals surface area contributed by atoms with Gasteiger partial charge in [-0.05, 0) is 93.0 Å². The first-order valence-electron chi connectivity index (χ1n) is 32.6. The molecule has 1 unspecified atom stereocenters. The van der Waals surface area contributed by atoms with Crippen LogP contribution in [0.3, 0.4) is 0 Å². The molecule has 1 fully saturated rings. The SMILES string of the molecule is CC[C@H](C)[C@H](CCC(=O)N1CCCC1C[C@@H](C)C(=O)N[C@H](Cc1ccccc1)C(=O)OC)N(C)C(=O)[C@@H](NC(=O)[C@H](C(C)C)N(C)CCc1ccc(N(C)C(=O)[C@H](C)NC(=O)[C@@H](NC(=O)CCOCCOCCOCCN2C(=O)C=C(Cl)S2(=O)=O)C(C)C)cc1)C(C)C. The normalized spacial score (nSPS) is 17.3. The fourth-order valence-electron chi connectivity index (χ4n) is 11.6. The quantitative estimate of drug-likeness (QED) is 0.0493. The molecule has 26 heteroatoms. The Morgan fingerprint density at radius 3 is 1.88 bits per heavy atom. The molecular formula is C67H104ClN9O15S. The Morgan fingerprint density at radius 1 is 0.699 bits per heavy atom. The number of anilines is 1. The molecule has 2 aromatic rings. The minimum Gasteiger partial charge on any atom is -0.467 e. The van der Waals surface area contributed by atoms with Crippen molar-refractivity contribution in [1.29, 1.82) is 0 Å². The average Bonchev–Trinajstić information content (AvgIpc) is 1.70. The molecule has 0 aromatic heterocycles. The summed E-state index contributed by atoms with van der Waals surface area (Å²) in [5, 5.41) is 11.5. The highest BCUT2D eigenvalue weighted by Gasteiger charge is 2.39. The number of esters is 1. The number of likely N-dealkylation sites (N-methyl/N-ethyl adjacent to an activating group) is 3. The summed E-state index contributed by atoms with van der Waals surface area (Å²) in [5.41, 5.74) is 2.44. The Labute approximate surface area is 556 Å². The number of sulfonamides is 1. The van der Waals surface area contributed by atoms with E-state index in [2.05, 4.69) is 35.1 Å². The smallest absolute Gasteiger partial charge is 0.328 e. The van der Waals surface area contributed by atoms with Crippen molar-refractivity contribution < 1.29 is 70.5 Å². The Hall–Kier alpha value is -6.51. The number of carbonyl (C=O) groups excluding carboxylic acids is 9. The largest absolute Gasteiger partial charge is 0.467 e. The Balaban J connectivity index is 1.23. The zero-order valence-electron chi connectivity index (χ0n) is 57.1. The second-order valence-corrected chi connectivity index (χ2v) is 27.9. The van der Waals surface area contributed by atoms with Crippen molar-refractivity contribution >= 4 is 80.5 Å². The van der Waals surface area contributed by atoms with Crippen molar-refractivity contribution in [3.63, 3.8) is 0 Å². The lowest BCUT2D eigenvalue weighted by atomic mass is 9.91. The summed E-state index contributed by atoms with van der Waals surface area (Å²) >= 11 is 5.59. The van der Waals surface area contributed by atoms with E-state index in [1.807, 2.05) is 106 Å². The molecular weight excluding hydrogens is 1240 g/mol. The van der Waals surface area contributed by atoms with E-state index in [-0.39, 0.29) is 131 Å². The summed E-state index contributed by atoms with van der Waals surface area (Å²) < 4.78 is 45.4. The summed E-state index contributed by atoms with van der Waals surface area (Å²) in [6, 6.07) is 12.3. The lowest BCUT2D eigenvalue weighted by Gasteiger charge is -2.38. The number of rotatable bonds is 40. The highest BCUT2D eigenvalue weighted by molar-refractivity contribution is 7.95. The van der Waals surface area contributed by atoms with E-state index in [1.54, 1.807) is 39.8 Å². The van der Waals surface area contributed by atoms with E-state index < -0.39 is 74.2 Å². The molecule has 93 heavy (non-hydrogen) atoms. The molecule has 9 atom stereocenters. The van der Waals surface area contributed by atoms with Crippen LogP contribution >= 0.6 is 11.6 Å². The van der Waals surface area contributed by atoms with Crippen LogP contribution in [0.4, 0.5) is 5.69 Å². The van der Waals surface area contributed by atoms with Gasteiger partial charge >= 0.3 is 5.97 Å². The van der Waals surface area contributed by atoms with E-state index in [0.29, 0.717) is 42.3 Å². The topological polar surface area (TPSA) is 289 Å². The first kappa shape index (κ1) is 78.9. The maximum Gasteiger partial charge on any atom is 0.328 e. The predicted octanol–water partition coefficient (Wildman–Crippen LogP) is 5.20. The van der Waals surface area contributed by atoms with Gasteiger partial charge in [0, 0.05) is 76.2 Å². The molecule has 0 radical (unpaired) electrons. The van der Waals surface area contributed by atoms with Gasteiger partial charge in [0.15, 0.2) is 4.36 Å². The zero-order chi connectivity index (χ0) is 69.3. The Bertz CT molecular complexity index is 2940. The molecule has 4 N–H and O–H groups in total. The van der Waals surface area contributed by atoms with Gasteiger partial charge in [-0.15, -0.1) is 0 Å². The van der Waals surface area contributed by atoms with Gasteiger partial charge in [0.05, 0.1) is 59.3 Å². The van der Waals surface area contributed by atoms with Gasteiger partial charge in [-0.25, -0.2) is 9.10 Å². The summed E-state index contributed by atoms with van der Waals surface area (Å²) in [7, 11) is 2.55. The molecule has 8 amide bonds. The van der Waals surface area contributed by atoms with Crippen LogP contribution < -0.4 is 26.2 Å². The summed E-state index contributed by atoms with van der Waals surface area (Å²) in [6.45, 7) is 20.4. The van der Waals surface area contributed by atoms with Gasteiger partial charge in [-0.1, -0.05) is 123 Å². The van der Waals surface area contributed by atoms with Gasteiger partial charge in [0.2, 0.25) is 41.4 Å². The van der Waals surface area contributed by atoms with Gasteiger partial charge in [-0.2, -0.15) is 8.42 Å². The first-order valence-corrected chi connectivity index (χ1v) is 34.4. The maximum atomic E-state index is 14.6. The van der Waals surface area contributed by atoms with Crippen LogP contribution in [-0.2, 0) is 85.0 Å². The minimum atomic E-state index is -4.00. The fraction of sp³-hybridized carbons (Fsp3) is 0.657. The van der Waals surface area contributed by atoms with Crippen molar-refractivity contribution in [2.75, 3.05) is 92.4 Å². The standard InChI is InChI=1S/C67H104ClN9O15S/c1-15-46(8)54(27-28-57(79)76-31-19-22-52(76)40-47(9)62(81)70-53(67(86)89-14)41-50-20-17-16-18-21-50)75(13)66(85)60(44(4)5)72-64(83)61(45(6)7)73(11)32-29-49-23-25-51(26-24-49)74(12)65(84)48(10)69-63(82)59(43(2)3)71-56(78)30-34-90-36-38-92-39-37-91-35-33-77-58(80)42-55(68)93(77,87)88/h16-18,20-21,23-26,42-48,52-54,59-61H,15,19,22,27-41H2,1-14H3,(H,69,82)(H,70,81)(H,71,78)(H,72,83)/t46-,47+,48-,52?,53+,54-,59-,60-,61-/m0/s1. The van der Waals surface area contributed by atoms with Crippen molar-refractivity contribution in [1.82, 2.24) is 40.3 Å². The number of nitrogens with one attached hydrogen (secondary N) is 4. The highest BCUT2D eigenvalue weighted by atomic mass is 35.5. The average molecular weight is 1340 g/mol. The van der Waals surface area contributed by atoms with Gasteiger partial charge in [-0.3, -0.25) is 43.3 Å². The van der Waals surface area contributed by atoms with Crippen LogP contribution in [0.25, 0.3) is 0 Å². The molecule has 2 heterocycles. The number of halogens is 1. The number of methoxy groups -OCH3 is 1. The fourth-order valence-corrected chi connectivity index (χ4v) is 13.0. The van der Waals surface area contributed by atoms with Crippen LogP contribution in [0.2, 0.25) is 0 Å². The predicted molar refractivity (Wildman–Crippen MR) is 355 cm³/mol. The number of nitrogens with zero attached hydrogens (tertiary/aromatic N) is 5. The van der Waals surface area contributed by atoms with E-state index in [9.17, 15) is 51.6 Å². The number of likely N-dealkylation sites (tertiary alicyclic amines) is 1. The lowest BCUT2D eigenvalue weighted by Crippen LogP contribution is -2.58. The second-order valence-electron chi connectivity index (χ2n) is 25.4. The van der Waals surface area contributed by atoms with E-state index in [4.69, 9.17) is 30.5 Å². The summed E-state index contributed by atoms with van der Waals surface area (Å²) in [6.07, 6.45) is 5.05. The third kappa shape index (κ3) is 24.0. The molecule has 4 rings (SSSR count). The van der Waals surface area contributed by atoms with Crippen molar-refractivity contribution in [2.24, 2.45) is 29.6 Å². The van der Waals surface area contributed by atoms with Gasteiger partial charge in [0.25, 0.3) is 15.9 Å². The van der Waals surface area contributed by atoms with E-state index in [1.165, 1.54) is 12.0 Å². The Kier molecular flexibility index (Phi) is 32.9. The Morgan fingerprint density at radius 2 is 1.31 bits per heavy atom. The molecule has 24 nitrogen and oxygen atoms in total. The van der Waals surface area contributed by atoms with Crippen LogP contribution in [0.5, 0.6) is 0 Å². The van der Waals surface area contributed by atoms with Crippen LogP contribution in [-0.4, -0.2) is 210 Å². The summed E-state index contributed by atoms with van der Waals surface area (Å²) in [4.78, 5) is 128. The number of carbonyl (C=O) groups is 9. The number of ether oxygens (including phenoxy) is 4. The molecule has 2 aliphatic rings. The maximum absolute atomic E-state index is 14.6. The number of hydrogen-bond donors (Lipinski definition) is 4. The molecule has 0 aliphatic carbocycles. The highest BCUT2D eigenvalue weighted by Crippen LogP contribution is 2.28. The third-order valence-corrected chi connectivity index (χ3v) is 19.6. The number of amides is 8. The molecule has 0 bridgehead atoms. The molecule has 0 spiro atoms. The molecule has 0 saturated carbocycles. The molecule has 2 aliphatic heterocycles. The van der Waals surface area contributed by atoms with Crippen LogP contribution in [0.15, 0.2) is 65.0 Å². The zero-order valence-corrected chi connectivity index (χ0v) is 58.6. The van der Waals surface area contributed by atoms with E-state index in [0.717, 1.165) is 36.5 Å². The minimum absolute atomic E-state index is 0.0318. The monoisotopic (exact) mass is 1340 g/mol. The van der Waals surface area contributed by atoms with Crippen LogP contribution in [0.1, 0.15) is 125 Å². The van der Waals surface area contributed by atoms with Crippen molar-refractivity contribution in [3.8, 4) is 0 Å². The first-order chi connectivity index (χ1) is 43.9. The number of benzene rings is 2. The third-order valence-electron chi connectivity index (χ3n) is 17.3. The van der Waals surface area contributed by atoms with Crippen molar-refractivity contribution in [2.45, 2.75) is 169 Å². The van der Waals surface area contributed by atoms with Gasteiger partial charge in [0.1, 0.15) is 24.2 Å². The number of hydrogen-bond acceptors (Lipinski definition) is 16. The molecule has 520 valence electrons. The van der Waals surface area contributed by atoms with E-state index >= 15 is 0 Å². The summed E-state index contributed by atoms with van der Waals surface area (Å²) in [5.74, 6) is -4.50.